The first kappa shape index (κ1) is 12.9. The van der Waals surface area contributed by atoms with Crippen LogP contribution in [-0.4, -0.2) is 28.6 Å². The van der Waals surface area contributed by atoms with Gasteiger partial charge in [0.1, 0.15) is 0 Å². The number of carbonyl (C=O) groups is 2. The van der Waals surface area contributed by atoms with Crippen LogP contribution >= 0.6 is 0 Å². The molecule has 0 radical (unpaired) electrons. The molecule has 0 aliphatic rings. The van der Waals surface area contributed by atoms with Gasteiger partial charge < -0.3 is 9.84 Å². The number of hydrogen-bond acceptors (Lipinski definition) is 4. The van der Waals surface area contributed by atoms with Crippen LogP contribution in [0.4, 0.5) is 0 Å². The molecule has 0 spiro atoms. The van der Waals surface area contributed by atoms with Crippen molar-refractivity contribution < 1.29 is 19.4 Å². The summed E-state index contributed by atoms with van der Waals surface area (Å²) in [7, 11) is 0. The zero-order valence-electron chi connectivity index (χ0n) is 9.42. The SMILES string of the molecule is CCOC(=O)C=Cc1ccc(CC(=O)O)nc1. The second-order valence-electron chi connectivity index (χ2n) is 3.24. The summed E-state index contributed by atoms with van der Waals surface area (Å²) in [5.74, 6) is -1.34. The number of carboxylic acids is 1. The number of rotatable bonds is 5. The number of carboxylic acid groups (broad SMARTS) is 1. The molecule has 90 valence electrons. The Morgan fingerprint density at radius 1 is 1.47 bits per heavy atom. The highest BCUT2D eigenvalue weighted by atomic mass is 16.5. The number of aliphatic carboxylic acids is 1. The molecule has 0 aliphatic heterocycles. The first-order valence-corrected chi connectivity index (χ1v) is 5.13. The van der Waals surface area contributed by atoms with E-state index >= 15 is 0 Å². The molecule has 0 saturated carbocycles. The largest absolute Gasteiger partial charge is 0.481 e. The highest BCUT2D eigenvalue weighted by Gasteiger charge is 2.01. The lowest BCUT2D eigenvalue weighted by Crippen LogP contribution is -2.02. The molecule has 17 heavy (non-hydrogen) atoms. The van der Waals surface area contributed by atoms with Gasteiger partial charge in [0.25, 0.3) is 0 Å². The predicted octanol–water partition coefficient (Wildman–Crippen LogP) is 1.28. The van der Waals surface area contributed by atoms with E-state index in [1.807, 2.05) is 0 Å². The fourth-order valence-electron chi connectivity index (χ4n) is 1.15. The number of esters is 1. The smallest absolute Gasteiger partial charge is 0.330 e. The standard InChI is InChI=1S/C12H13NO4/c1-2-17-12(16)6-4-9-3-5-10(13-8-9)7-11(14)15/h3-6,8H,2,7H2,1H3,(H,14,15). The summed E-state index contributed by atoms with van der Waals surface area (Å²) in [5, 5.41) is 8.56. The van der Waals surface area contributed by atoms with Crippen LogP contribution in [0, 0.1) is 0 Å². The average Bonchev–Trinajstić information content (AvgIpc) is 2.28. The van der Waals surface area contributed by atoms with Gasteiger partial charge >= 0.3 is 11.9 Å². The molecule has 0 fully saturated rings. The molecule has 1 aromatic heterocycles. The van der Waals surface area contributed by atoms with Crippen molar-refractivity contribution >= 4 is 18.0 Å². The Hall–Kier alpha value is -2.17. The molecule has 5 nitrogen and oxygen atoms in total. The third kappa shape index (κ3) is 4.92. The molecular formula is C12H13NO4. The highest BCUT2D eigenvalue weighted by molar-refractivity contribution is 5.86. The number of pyridine rings is 1. The third-order valence-electron chi connectivity index (χ3n) is 1.88. The second kappa shape index (κ2) is 6.42. The zero-order chi connectivity index (χ0) is 12.7. The van der Waals surface area contributed by atoms with E-state index in [9.17, 15) is 9.59 Å². The van der Waals surface area contributed by atoms with Crippen LogP contribution in [0.3, 0.4) is 0 Å². The van der Waals surface area contributed by atoms with E-state index < -0.39 is 11.9 Å². The number of aromatic nitrogens is 1. The van der Waals surface area contributed by atoms with Gasteiger partial charge in [-0.15, -0.1) is 0 Å². The van der Waals surface area contributed by atoms with Gasteiger partial charge in [0, 0.05) is 12.3 Å². The molecule has 1 heterocycles. The Bertz CT molecular complexity index is 423. The first-order chi connectivity index (χ1) is 8.11. The topological polar surface area (TPSA) is 76.5 Å². The van der Waals surface area contributed by atoms with Gasteiger partial charge in [-0.3, -0.25) is 9.78 Å². The van der Waals surface area contributed by atoms with Gasteiger partial charge in [-0.25, -0.2) is 4.79 Å². The Kier molecular flexibility index (Phi) is 4.87. The molecule has 0 unspecified atom stereocenters. The maximum Gasteiger partial charge on any atom is 0.330 e. The van der Waals surface area contributed by atoms with Gasteiger partial charge in [0.15, 0.2) is 0 Å². The summed E-state index contributed by atoms with van der Waals surface area (Å²) in [5.41, 5.74) is 1.19. The zero-order valence-corrected chi connectivity index (χ0v) is 9.42. The molecule has 0 aliphatic carbocycles. The van der Waals surface area contributed by atoms with Gasteiger partial charge in [-0.2, -0.15) is 0 Å². The van der Waals surface area contributed by atoms with E-state index in [1.54, 1.807) is 25.1 Å². The van der Waals surface area contributed by atoms with Gasteiger partial charge in [-0.1, -0.05) is 6.07 Å². The van der Waals surface area contributed by atoms with Gasteiger partial charge in [-0.05, 0) is 24.6 Å². The van der Waals surface area contributed by atoms with Gasteiger partial charge in [0.2, 0.25) is 0 Å². The van der Waals surface area contributed by atoms with Crippen molar-refractivity contribution in [1.29, 1.82) is 0 Å². The number of nitrogens with zero attached hydrogens (tertiary/aromatic N) is 1. The van der Waals surface area contributed by atoms with Crippen LogP contribution in [0.1, 0.15) is 18.2 Å². The lowest BCUT2D eigenvalue weighted by molar-refractivity contribution is -0.137. The summed E-state index contributed by atoms with van der Waals surface area (Å²) in [6, 6.07) is 3.31. The molecule has 1 aromatic rings. The maximum absolute atomic E-state index is 11.0. The number of hydrogen-bond donors (Lipinski definition) is 1. The Morgan fingerprint density at radius 3 is 2.76 bits per heavy atom. The van der Waals surface area contributed by atoms with E-state index in [0.29, 0.717) is 17.9 Å². The van der Waals surface area contributed by atoms with Crippen molar-refractivity contribution in [3.8, 4) is 0 Å². The second-order valence-corrected chi connectivity index (χ2v) is 3.24. The average molecular weight is 235 g/mol. The Morgan fingerprint density at radius 2 is 2.24 bits per heavy atom. The summed E-state index contributed by atoms with van der Waals surface area (Å²) < 4.78 is 4.72. The molecule has 1 rings (SSSR count). The lowest BCUT2D eigenvalue weighted by Gasteiger charge is -1.97. The van der Waals surface area contributed by atoms with Crippen LogP contribution in [0.2, 0.25) is 0 Å². The number of carbonyl (C=O) groups excluding carboxylic acids is 1. The van der Waals surface area contributed by atoms with Gasteiger partial charge in [0.05, 0.1) is 18.7 Å². The van der Waals surface area contributed by atoms with E-state index in [0.717, 1.165) is 0 Å². The van der Waals surface area contributed by atoms with E-state index in [2.05, 4.69) is 4.98 Å². The van der Waals surface area contributed by atoms with E-state index in [1.165, 1.54) is 12.3 Å². The third-order valence-corrected chi connectivity index (χ3v) is 1.88. The first-order valence-electron chi connectivity index (χ1n) is 5.13. The monoisotopic (exact) mass is 235 g/mol. The van der Waals surface area contributed by atoms with Crippen LogP contribution in [0.5, 0.6) is 0 Å². The molecule has 0 aromatic carbocycles. The van der Waals surface area contributed by atoms with Crippen molar-refractivity contribution in [2.45, 2.75) is 13.3 Å². The molecule has 5 heteroatoms. The Balaban J connectivity index is 2.62. The minimum Gasteiger partial charge on any atom is -0.481 e. The quantitative estimate of drug-likeness (QED) is 0.614. The van der Waals surface area contributed by atoms with Crippen molar-refractivity contribution in [3.05, 3.63) is 35.7 Å². The normalized spacial score (nSPS) is 10.4. The highest BCUT2D eigenvalue weighted by Crippen LogP contribution is 2.03. The predicted molar refractivity (Wildman–Crippen MR) is 61.2 cm³/mol. The summed E-state index contributed by atoms with van der Waals surface area (Å²) in [6.07, 6.45) is 4.27. The van der Waals surface area contributed by atoms with Crippen LogP contribution in [0.25, 0.3) is 6.08 Å². The molecule has 0 saturated heterocycles. The maximum atomic E-state index is 11.0. The molecule has 1 N–H and O–H groups in total. The fourth-order valence-corrected chi connectivity index (χ4v) is 1.15. The van der Waals surface area contributed by atoms with E-state index in [4.69, 9.17) is 9.84 Å². The summed E-state index contributed by atoms with van der Waals surface area (Å²) in [4.78, 5) is 25.4. The molecular weight excluding hydrogens is 222 g/mol. The van der Waals surface area contributed by atoms with E-state index in [-0.39, 0.29) is 6.42 Å². The van der Waals surface area contributed by atoms with Crippen molar-refractivity contribution in [2.24, 2.45) is 0 Å². The van der Waals surface area contributed by atoms with Crippen molar-refractivity contribution in [1.82, 2.24) is 4.98 Å². The molecule has 0 amide bonds. The number of ether oxygens (including phenoxy) is 1. The van der Waals surface area contributed by atoms with Crippen molar-refractivity contribution in [3.63, 3.8) is 0 Å². The molecule has 0 atom stereocenters. The fraction of sp³-hybridized carbons (Fsp3) is 0.250. The summed E-state index contributed by atoms with van der Waals surface area (Å²) in [6.45, 7) is 2.06. The minimum absolute atomic E-state index is 0.109. The van der Waals surface area contributed by atoms with Crippen molar-refractivity contribution in [2.75, 3.05) is 6.61 Å². The lowest BCUT2D eigenvalue weighted by atomic mass is 10.2. The van der Waals surface area contributed by atoms with Crippen LogP contribution in [0.15, 0.2) is 24.4 Å². The van der Waals surface area contributed by atoms with Crippen LogP contribution in [-0.2, 0) is 20.7 Å². The molecule has 0 bridgehead atoms. The Labute approximate surface area is 98.7 Å². The van der Waals surface area contributed by atoms with Crippen LogP contribution < -0.4 is 0 Å². The summed E-state index contributed by atoms with van der Waals surface area (Å²) >= 11 is 0. The minimum atomic E-state index is -0.924.